The molecule has 196 valence electrons. The highest BCUT2D eigenvalue weighted by Gasteiger charge is 2.53. The molecule has 3 aromatic carbocycles. The number of carboxylic acid groups (broad SMARTS) is 1. The van der Waals surface area contributed by atoms with Gasteiger partial charge >= 0.3 is 12.0 Å². The Morgan fingerprint density at radius 2 is 1.79 bits per heavy atom. The molecule has 1 fully saturated rings. The van der Waals surface area contributed by atoms with Crippen molar-refractivity contribution in [2.75, 3.05) is 4.90 Å². The highest BCUT2D eigenvalue weighted by Crippen LogP contribution is 2.45. The van der Waals surface area contributed by atoms with Gasteiger partial charge in [0.25, 0.3) is 11.8 Å². The number of halogens is 1. The van der Waals surface area contributed by atoms with Crippen molar-refractivity contribution in [3.63, 3.8) is 0 Å². The molecule has 10 heteroatoms. The minimum atomic E-state index is -1.20. The Morgan fingerprint density at radius 1 is 1.05 bits per heavy atom. The molecule has 1 aromatic heterocycles. The van der Waals surface area contributed by atoms with Gasteiger partial charge in [-0.1, -0.05) is 54.1 Å². The number of carboxylic acids is 1. The number of fused-ring (bicyclic) bond motifs is 4. The fourth-order valence-corrected chi connectivity index (χ4v) is 5.71. The van der Waals surface area contributed by atoms with E-state index in [0.29, 0.717) is 11.4 Å². The van der Waals surface area contributed by atoms with Crippen molar-refractivity contribution in [2.45, 2.75) is 31.5 Å². The molecule has 9 nitrogen and oxygen atoms in total. The maximum absolute atomic E-state index is 14.1. The van der Waals surface area contributed by atoms with Crippen LogP contribution in [0.25, 0.3) is 10.9 Å². The molecule has 1 unspecified atom stereocenters. The topological polar surface area (TPSA) is 123 Å². The Hall–Kier alpha value is -4.63. The van der Waals surface area contributed by atoms with Gasteiger partial charge in [-0.25, -0.2) is 9.69 Å². The van der Waals surface area contributed by atoms with Crippen molar-refractivity contribution in [3.05, 3.63) is 100 Å². The number of H-pyrrole nitrogens is 1. The van der Waals surface area contributed by atoms with Crippen molar-refractivity contribution in [2.24, 2.45) is 0 Å². The van der Waals surface area contributed by atoms with Gasteiger partial charge in [0.1, 0.15) is 18.1 Å². The van der Waals surface area contributed by atoms with E-state index >= 15 is 0 Å². The first-order valence-electron chi connectivity index (χ1n) is 12.4. The van der Waals surface area contributed by atoms with Gasteiger partial charge < -0.3 is 15.4 Å². The van der Waals surface area contributed by atoms with Crippen molar-refractivity contribution in [1.29, 1.82) is 0 Å². The summed E-state index contributed by atoms with van der Waals surface area (Å²) in [5.74, 6) is -2.37. The van der Waals surface area contributed by atoms with Gasteiger partial charge in [-0.2, -0.15) is 0 Å². The normalized spacial score (nSPS) is 19.1. The zero-order valence-corrected chi connectivity index (χ0v) is 21.5. The molecule has 0 spiro atoms. The summed E-state index contributed by atoms with van der Waals surface area (Å²) < 4.78 is 0. The first kappa shape index (κ1) is 24.7. The number of urea groups is 1. The third-order valence-corrected chi connectivity index (χ3v) is 7.56. The van der Waals surface area contributed by atoms with Gasteiger partial charge in [-0.15, -0.1) is 0 Å². The third-order valence-electron chi connectivity index (χ3n) is 7.32. The third kappa shape index (κ3) is 3.93. The number of nitrogens with one attached hydrogen (secondary N) is 2. The minimum Gasteiger partial charge on any atom is -0.480 e. The second-order valence-electron chi connectivity index (χ2n) is 9.65. The fraction of sp³-hybridized carbons (Fsp3) is 0.172. The van der Waals surface area contributed by atoms with Crippen molar-refractivity contribution in [3.8, 4) is 0 Å². The Kier molecular flexibility index (Phi) is 5.88. The molecule has 3 atom stereocenters. The summed E-state index contributed by atoms with van der Waals surface area (Å²) in [5, 5.41) is 13.1. The van der Waals surface area contributed by atoms with E-state index in [9.17, 15) is 24.3 Å². The highest BCUT2D eigenvalue weighted by molar-refractivity contribution is 6.30. The lowest BCUT2D eigenvalue weighted by Crippen LogP contribution is -2.44. The minimum absolute atomic E-state index is 0.0235. The number of carbonyl (C=O) groups excluding carboxylic acids is 3. The number of aromatic nitrogens is 1. The van der Waals surface area contributed by atoms with E-state index in [0.717, 1.165) is 32.6 Å². The number of hydrogen-bond donors (Lipinski definition) is 3. The van der Waals surface area contributed by atoms with E-state index in [1.165, 1.54) is 19.1 Å². The van der Waals surface area contributed by atoms with Crippen LogP contribution in [0.1, 0.15) is 40.1 Å². The second kappa shape index (κ2) is 9.28. The number of imide groups is 1. The predicted molar refractivity (Wildman–Crippen MR) is 145 cm³/mol. The van der Waals surface area contributed by atoms with Crippen LogP contribution in [0, 0.1) is 0 Å². The Labute approximate surface area is 228 Å². The molecule has 6 rings (SSSR count). The van der Waals surface area contributed by atoms with E-state index in [1.807, 2.05) is 30.3 Å². The number of rotatable bonds is 5. The summed E-state index contributed by atoms with van der Waals surface area (Å²) in [6.45, 7) is 1.34. The molecule has 4 amide bonds. The van der Waals surface area contributed by atoms with E-state index in [1.54, 1.807) is 35.2 Å². The number of aromatic amines is 1. The van der Waals surface area contributed by atoms with Crippen LogP contribution < -0.4 is 10.2 Å². The van der Waals surface area contributed by atoms with Crippen LogP contribution >= 0.6 is 11.6 Å². The molecule has 0 saturated carbocycles. The molecule has 0 aliphatic carbocycles. The average Bonchev–Trinajstić information content (AvgIpc) is 3.41. The maximum atomic E-state index is 14.1. The second-order valence-corrected chi connectivity index (χ2v) is 10.1. The van der Waals surface area contributed by atoms with E-state index in [2.05, 4.69) is 10.3 Å². The fourth-order valence-electron chi connectivity index (χ4n) is 5.52. The van der Waals surface area contributed by atoms with Crippen LogP contribution in [0.2, 0.25) is 5.02 Å². The van der Waals surface area contributed by atoms with Crippen LogP contribution in [-0.2, 0) is 16.0 Å². The Bertz CT molecular complexity index is 1680. The van der Waals surface area contributed by atoms with Crippen LogP contribution in [0.3, 0.4) is 0 Å². The number of anilines is 1. The molecule has 4 aromatic rings. The van der Waals surface area contributed by atoms with Gasteiger partial charge in [-0.3, -0.25) is 19.3 Å². The molecular formula is C29H23ClN4O5. The predicted octanol–water partition coefficient (Wildman–Crippen LogP) is 4.51. The van der Waals surface area contributed by atoms with Crippen molar-refractivity contribution in [1.82, 2.24) is 15.2 Å². The SMILES string of the molecule is C[C@H](NC(=O)c1ccccc1N1C(=O)[C@@H]2Cc3c([nH]c4ccccc34)C(c3cccc(Cl)c3)N2C1=O)C(=O)O. The molecule has 2 aliphatic rings. The average molecular weight is 543 g/mol. The molecule has 0 bridgehead atoms. The number of nitrogens with zero attached hydrogens (tertiary/aromatic N) is 2. The lowest BCUT2D eigenvalue weighted by atomic mass is 9.89. The number of hydrogen-bond acceptors (Lipinski definition) is 4. The Morgan fingerprint density at radius 3 is 2.56 bits per heavy atom. The standard InChI is InChI=1S/C29H23ClN4O5/c1-15(28(37)38)31-26(35)19-10-3-5-12-22(19)34-27(36)23-14-20-18-9-2-4-11-21(18)32-24(20)25(33(23)29(34)39)16-7-6-8-17(30)13-16/h2-13,15,23,25,32H,14H2,1H3,(H,31,35)(H,37,38)/t15-,23-,25?/m0/s1. The number of carbonyl (C=O) groups is 4. The maximum Gasteiger partial charge on any atom is 0.332 e. The number of para-hydroxylation sites is 2. The summed E-state index contributed by atoms with van der Waals surface area (Å²) >= 11 is 6.34. The first-order chi connectivity index (χ1) is 18.8. The van der Waals surface area contributed by atoms with E-state index < -0.39 is 41.9 Å². The first-order valence-corrected chi connectivity index (χ1v) is 12.8. The lowest BCUT2D eigenvalue weighted by molar-refractivity contribution is -0.138. The van der Waals surface area contributed by atoms with Gasteiger partial charge in [0, 0.05) is 28.0 Å². The van der Waals surface area contributed by atoms with Crippen LogP contribution in [0.15, 0.2) is 72.8 Å². The van der Waals surface area contributed by atoms with Crippen molar-refractivity contribution < 1.29 is 24.3 Å². The Balaban J connectivity index is 1.47. The number of amides is 4. The summed E-state index contributed by atoms with van der Waals surface area (Å²) in [5.41, 5.74) is 3.51. The molecule has 1 saturated heterocycles. The molecule has 3 heterocycles. The van der Waals surface area contributed by atoms with E-state index in [-0.39, 0.29) is 11.3 Å². The lowest BCUT2D eigenvalue weighted by Gasteiger charge is -2.36. The molecular weight excluding hydrogens is 520 g/mol. The van der Waals surface area contributed by atoms with Gasteiger partial charge in [0.15, 0.2) is 0 Å². The molecule has 0 radical (unpaired) electrons. The largest absolute Gasteiger partial charge is 0.480 e. The molecule has 39 heavy (non-hydrogen) atoms. The van der Waals surface area contributed by atoms with Crippen molar-refractivity contribution >= 4 is 52.0 Å². The number of benzene rings is 3. The monoisotopic (exact) mass is 542 g/mol. The summed E-state index contributed by atoms with van der Waals surface area (Å²) in [6.07, 6.45) is 0.294. The summed E-state index contributed by atoms with van der Waals surface area (Å²) in [7, 11) is 0. The highest BCUT2D eigenvalue weighted by atomic mass is 35.5. The molecule has 2 aliphatic heterocycles. The smallest absolute Gasteiger partial charge is 0.332 e. The number of aliphatic carboxylic acids is 1. The van der Waals surface area contributed by atoms with Crippen LogP contribution in [0.4, 0.5) is 10.5 Å². The van der Waals surface area contributed by atoms with Gasteiger partial charge in [0.05, 0.1) is 11.3 Å². The van der Waals surface area contributed by atoms with E-state index in [4.69, 9.17) is 11.6 Å². The summed E-state index contributed by atoms with van der Waals surface area (Å²) in [6, 6.07) is 18.0. The molecule has 3 N–H and O–H groups in total. The van der Waals surface area contributed by atoms with Gasteiger partial charge in [0.2, 0.25) is 0 Å². The zero-order valence-electron chi connectivity index (χ0n) is 20.7. The quantitative estimate of drug-likeness (QED) is 0.320. The summed E-state index contributed by atoms with van der Waals surface area (Å²) in [4.78, 5) is 58.4. The van der Waals surface area contributed by atoms with Gasteiger partial charge in [-0.05, 0) is 48.4 Å². The van der Waals surface area contributed by atoms with Crippen LogP contribution in [-0.4, -0.2) is 50.9 Å². The van der Waals surface area contributed by atoms with Crippen LogP contribution in [0.5, 0.6) is 0 Å². The zero-order chi connectivity index (χ0) is 27.4.